The van der Waals surface area contributed by atoms with Gasteiger partial charge in [-0.25, -0.2) is 9.07 Å². The number of nitrogens with zero attached hydrogens (tertiary/aromatic N) is 4. The van der Waals surface area contributed by atoms with Gasteiger partial charge >= 0.3 is 0 Å². The van der Waals surface area contributed by atoms with Crippen LogP contribution in [0.2, 0.25) is 0 Å². The van der Waals surface area contributed by atoms with E-state index >= 15 is 0 Å². The molecule has 1 rings (SSSR count). The highest BCUT2D eigenvalue weighted by atomic mass is 19.1. The lowest BCUT2D eigenvalue weighted by molar-refractivity contribution is 0.415. The summed E-state index contributed by atoms with van der Waals surface area (Å²) in [5.41, 5.74) is 5.28. The van der Waals surface area contributed by atoms with Crippen LogP contribution in [0.5, 0.6) is 0 Å². The molecule has 1 aromatic heterocycles. The molecule has 1 heterocycles. The van der Waals surface area contributed by atoms with Crippen molar-refractivity contribution in [3.05, 3.63) is 5.82 Å². The number of rotatable bonds is 4. The Morgan fingerprint density at radius 1 is 1.55 bits per heavy atom. The maximum atomic E-state index is 11.8. The Morgan fingerprint density at radius 2 is 2.36 bits per heavy atom. The number of tetrazole rings is 1. The van der Waals surface area contributed by atoms with Gasteiger partial charge in [-0.1, -0.05) is 0 Å². The third-order valence-corrected chi connectivity index (χ3v) is 1.27. The highest BCUT2D eigenvalue weighted by Crippen LogP contribution is 1.91. The number of alkyl halides is 1. The summed E-state index contributed by atoms with van der Waals surface area (Å²) in [7, 11) is 0. The van der Waals surface area contributed by atoms with Crippen molar-refractivity contribution in [3.8, 4) is 0 Å². The minimum atomic E-state index is -0.456. The van der Waals surface area contributed by atoms with Gasteiger partial charge in [0, 0.05) is 6.42 Å². The molecule has 0 radical (unpaired) electrons. The van der Waals surface area contributed by atoms with Crippen LogP contribution in [0.15, 0.2) is 0 Å². The highest BCUT2D eigenvalue weighted by molar-refractivity contribution is 4.80. The molecule has 1 aromatic rings. The van der Waals surface area contributed by atoms with Gasteiger partial charge in [-0.15, -0.1) is 5.10 Å². The molecule has 0 aromatic carbocycles. The first-order valence-corrected chi connectivity index (χ1v) is 3.39. The molecule has 6 heteroatoms. The first kappa shape index (κ1) is 8.06. The number of hydrogen-bond acceptors (Lipinski definition) is 4. The molecule has 62 valence electrons. The van der Waals surface area contributed by atoms with Crippen LogP contribution < -0.4 is 5.73 Å². The summed E-state index contributed by atoms with van der Waals surface area (Å²) in [6.07, 6.45) is 0.590. The van der Waals surface area contributed by atoms with E-state index in [-0.39, 0.29) is 6.54 Å². The molecule has 0 aliphatic rings. The molecular weight excluding hydrogens is 149 g/mol. The van der Waals surface area contributed by atoms with E-state index in [4.69, 9.17) is 5.73 Å². The van der Waals surface area contributed by atoms with Gasteiger partial charge in [-0.3, -0.25) is 0 Å². The summed E-state index contributed by atoms with van der Waals surface area (Å²) >= 11 is 0. The molecule has 0 bridgehead atoms. The lowest BCUT2D eigenvalue weighted by Crippen LogP contribution is -2.12. The number of aryl methyl sites for hydroxylation is 1. The third kappa shape index (κ3) is 1.94. The van der Waals surface area contributed by atoms with Crippen molar-refractivity contribution in [2.75, 3.05) is 13.2 Å². The average Bonchev–Trinajstić information content (AvgIpc) is 2.39. The van der Waals surface area contributed by atoms with Crippen molar-refractivity contribution in [1.29, 1.82) is 0 Å². The van der Waals surface area contributed by atoms with Crippen LogP contribution in [0, 0.1) is 0 Å². The minimum Gasteiger partial charge on any atom is -0.330 e. The summed E-state index contributed by atoms with van der Waals surface area (Å²) < 4.78 is 13.3. The maximum Gasteiger partial charge on any atom is 0.152 e. The molecule has 2 N–H and O–H groups in total. The zero-order valence-corrected chi connectivity index (χ0v) is 6.07. The Kier molecular flexibility index (Phi) is 2.91. The lowest BCUT2D eigenvalue weighted by atomic mass is 10.4. The van der Waals surface area contributed by atoms with Crippen molar-refractivity contribution >= 4 is 0 Å². The average molecular weight is 159 g/mol. The highest BCUT2D eigenvalue weighted by Gasteiger charge is 2.02. The zero-order chi connectivity index (χ0) is 8.10. The Bertz CT molecular complexity index is 190. The second-order valence-electron chi connectivity index (χ2n) is 2.05. The van der Waals surface area contributed by atoms with Crippen LogP contribution in [0.4, 0.5) is 4.39 Å². The fraction of sp³-hybridized carbons (Fsp3) is 0.800. The largest absolute Gasteiger partial charge is 0.330 e. The topological polar surface area (TPSA) is 69.6 Å². The van der Waals surface area contributed by atoms with Gasteiger partial charge in [0.25, 0.3) is 0 Å². The van der Waals surface area contributed by atoms with E-state index in [1.165, 1.54) is 4.68 Å². The lowest BCUT2D eigenvalue weighted by Gasteiger charge is -1.97. The van der Waals surface area contributed by atoms with Crippen molar-refractivity contribution in [1.82, 2.24) is 20.2 Å². The van der Waals surface area contributed by atoms with Crippen molar-refractivity contribution in [2.24, 2.45) is 5.73 Å². The third-order valence-electron chi connectivity index (χ3n) is 1.27. The number of nitrogens with two attached hydrogens (primary N) is 1. The molecule has 0 unspecified atom stereocenters. The standard InChI is InChI=1S/C5H10FN5/c6-2-4-11-5(1-3-7)8-9-10-11/h1-4,7H2. The van der Waals surface area contributed by atoms with Gasteiger partial charge in [0.15, 0.2) is 5.82 Å². The van der Waals surface area contributed by atoms with Gasteiger partial charge in [0.2, 0.25) is 0 Å². The van der Waals surface area contributed by atoms with Crippen LogP contribution in [0.1, 0.15) is 5.82 Å². The fourth-order valence-electron chi connectivity index (χ4n) is 0.785. The number of halogens is 1. The fourth-order valence-corrected chi connectivity index (χ4v) is 0.785. The summed E-state index contributed by atoms with van der Waals surface area (Å²) in [5.74, 6) is 0.644. The summed E-state index contributed by atoms with van der Waals surface area (Å²) in [4.78, 5) is 0. The number of aromatic nitrogens is 4. The number of hydrogen-bond donors (Lipinski definition) is 1. The van der Waals surface area contributed by atoms with E-state index in [1.54, 1.807) is 0 Å². The molecule has 0 saturated heterocycles. The predicted octanol–water partition coefficient (Wildman–Crippen LogP) is -0.856. The van der Waals surface area contributed by atoms with Gasteiger partial charge in [0.05, 0.1) is 6.54 Å². The first-order valence-electron chi connectivity index (χ1n) is 3.39. The summed E-state index contributed by atoms with van der Waals surface area (Å²) in [6.45, 7) is 0.234. The van der Waals surface area contributed by atoms with Gasteiger partial charge in [-0.05, 0) is 17.0 Å². The Morgan fingerprint density at radius 3 is 3.00 bits per heavy atom. The Hall–Kier alpha value is -1.04. The van der Waals surface area contributed by atoms with Gasteiger partial charge < -0.3 is 5.73 Å². The Balaban J connectivity index is 2.62. The van der Waals surface area contributed by atoms with E-state index in [0.29, 0.717) is 18.8 Å². The molecular formula is C5H10FN5. The quantitative estimate of drug-likeness (QED) is 0.620. The van der Waals surface area contributed by atoms with Crippen LogP contribution in [-0.4, -0.2) is 33.4 Å². The molecule has 11 heavy (non-hydrogen) atoms. The molecule has 0 fully saturated rings. The minimum absolute atomic E-state index is 0.211. The van der Waals surface area contributed by atoms with E-state index in [1.807, 2.05) is 0 Å². The van der Waals surface area contributed by atoms with Crippen molar-refractivity contribution in [3.63, 3.8) is 0 Å². The Labute approximate surface area is 63.4 Å². The molecule has 0 saturated carbocycles. The molecule has 0 aliphatic heterocycles. The van der Waals surface area contributed by atoms with Crippen LogP contribution in [0.3, 0.4) is 0 Å². The normalized spacial score (nSPS) is 10.4. The van der Waals surface area contributed by atoms with Crippen molar-refractivity contribution in [2.45, 2.75) is 13.0 Å². The summed E-state index contributed by atoms with van der Waals surface area (Å²) in [6, 6.07) is 0. The van der Waals surface area contributed by atoms with Crippen LogP contribution >= 0.6 is 0 Å². The summed E-state index contributed by atoms with van der Waals surface area (Å²) in [5, 5.41) is 10.7. The SMILES string of the molecule is NCCc1nnnn1CCF. The second kappa shape index (κ2) is 3.97. The van der Waals surface area contributed by atoms with E-state index in [9.17, 15) is 4.39 Å². The smallest absolute Gasteiger partial charge is 0.152 e. The van der Waals surface area contributed by atoms with Crippen molar-refractivity contribution < 1.29 is 4.39 Å². The van der Waals surface area contributed by atoms with Gasteiger partial charge in [0.1, 0.15) is 6.67 Å². The monoisotopic (exact) mass is 159 g/mol. The predicted molar refractivity (Wildman–Crippen MR) is 36.6 cm³/mol. The second-order valence-corrected chi connectivity index (χ2v) is 2.05. The van der Waals surface area contributed by atoms with E-state index < -0.39 is 6.67 Å². The van der Waals surface area contributed by atoms with Crippen LogP contribution in [0.25, 0.3) is 0 Å². The molecule has 0 spiro atoms. The zero-order valence-electron chi connectivity index (χ0n) is 6.07. The maximum absolute atomic E-state index is 11.8. The van der Waals surface area contributed by atoms with E-state index in [0.717, 1.165) is 0 Å². The first-order chi connectivity index (χ1) is 5.38. The molecule has 0 amide bonds. The molecule has 0 aliphatic carbocycles. The van der Waals surface area contributed by atoms with Gasteiger partial charge in [-0.2, -0.15) is 0 Å². The molecule has 0 atom stereocenters. The van der Waals surface area contributed by atoms with E-state index in [2.05, 4.69) is 15.5 Å². The molecule has 5 nitrogen and oxygen atoms in total. The van der Waals surface area contributed by atoms with Crippen LogP contribution in [-0.2, 0) is 13.0 Å².